The molecular weight excluding hydrogens is 363 g/mol. The van der Waals surface area contributed by atoms with Crippen LogP contribution in [-0.2, 0) is 13.1 Å². The van der Waals surface area contributed by atoms with E-state index in [0.717, 1.165) is 17.8 Å². The Kier molecular flexibility index (Phi) is 5.85. The van der Waals surface area contributed by atoms with Gasteiger partial charge in [-0.15, -0.1) is 0 Å². The van der Waals surface area contributed by atoms with Crippen LogP contribution in [0.4, 0.5) is 10.2 Å². The first kappa shape index (κ1) is 19.0. The number of rotatable bonds is 6. The minimum absolute atomic E-state index is 0.0193. The zero-order chi connectivity index (χ0) is 19.4. The largest absolute Gasteiger partial charge is 0.356 e. The topological polar surface area (TPSA) is 59.7 Å². The fourth-order valence-corrected chi connectivity index (χ4v) is 3.23. The van der Waals surface area contributed by atoms with Gasteiger partial charge in [-0.05, 0) is 39.1 Å². The number of aromatic nitrogens is 4. The summed E-state index contributed by atoms with van der Waals surface area (Å²) in [6.07, 6.45) is 3.65. The summed E-state index contributed by atoms with van der Waals surface area (Å²) in [5.74, 6) is 0.369. The zero-order valence-corrected chi connectivity index (χ0v) is 16.4. The smallest absolute Gasteiger partial charge is 0.172 e. The van der Waals surface area contributed by atoms with Crippen molar-refractivity contribution in [3.05, 3.63) is 65.4 Å². The predicted octanol–water partition coefficient (Wildman–Crippen LogP) is 3.64. The molecule has 1 unspecified atom stereocenters. The first-order chi connectivity index (χ1) is 13.0. The Bertz CT molecular complexity index is 932. The Morgan fingerprint density at radius 3 is 2.78 bits per heavy atom. The van der Waals surface area contributed by atoms with Crippen LogP contribution in [0.15, 0.2) is 42.7 Å². The Morgan fingerprint density at radius 2 is 2.07 bits per heavy atom. The molecule has 1 aromatic carbocycles. The lowest BCUT2D eigenvalue weighted by Gasteiger charge is -2.16. The molecule has 0 bridgehead atoms. The van der Waals surface area contributed by atoms with Gasteiger partial charge >= 0.3 is 0 Å². The molecule has 0 aliphatic rings. The number of nitrogens with zero attached hydrogens (tertiary/aromatic N) is 4. The summed E-state index contributed by atoms with van der Waals surface area (Å²) in [6, 6.07) is 8.50. The molecule has 3 rings (SSSR count). The number of aryl methyl sites for hydroxylation is 1. The fourth-order valence-electron chi connectivity index (χ4n) is 2.95. The van der Waals surface area contributed by atoms with Crippen molar-refractivity contribution in [1.29, 1.82) is 0 Å². The van der Waals surface area contributed by atoms with Crippen molar-refractivity contribution in [2.24, 2.45) is 0 Å². The number of benzene rings is 1. The lowest BCUT2D eigenvalue weighted by atomic mass is 10.1. The lowest BCUT2D eigenvalue weighted by molar-refractivity contribution is 0.586. The van der Waals surface area contributed by atoms with Crippen molar-refractivity contribution in [2.45, 2.75) is 39.9 Å². The molecule has 0 fully saturated rings. The maximum atomic E-state index is 13.8. The molecule has 0 saturated carbocycles. The van der Waals surface area contributed by atoms with Crippen molar-refractivity contribution in [1.82, 2.24) is 24.9 Å². The summed E-state index contributed by atoms with van der Waals surface area (Å²) in [6.45, 7) is 7.34. The number of hydrogen-bond donors (Lipinski definition) is 2. The maximum Gasteiger partial charge on any atom is 0.172 e. The molecule has 0 spiro atoms. The molecule has 2 aromatic heterocycles. The van der Waals surface area contributed by atoms with Crippen molar-refractivity contribution in [3.8, 4) is 0 Å². The summed E-state index contributed by atoms with van der Waals surface area (Å²) in [4.78, 5) is 0. The van der Waals surface area contributed by atoms with Crippen LogP contribution in [0, 0.1) is 12.7 Å². The van der Waals surface area contributed by atoms with Crippen molar-refractivity contribution < 1.29 is 4.39 Å². The SMILES string of the molecule is CCn1ncc(C(C)NC(=S)Nc2ccn(Cc3ccccc3F)n2)c1C. The van der Waals surface area contributed by atoms with E-state index in [1.165, 1.54) is 6.07 Å². The van der Waals surface area contributed by atoms with Gasteiger partial charge in [-0.3, -0.25) is 9.36 Å². The number of anilines is 1. The molecule has 0 radical (unpaired) electrons. The van der Waals surface area contributed by atoms with Crippen LogP contribution in [0.3, 0.4) is 0 Å². The third kappa shape index (κ3) is 4.51. The van der Waals surface area contributed by atoms with Gasteiger partial charge in [0.15, 0.2) is 10.9 Å². The second-order valence-corrected chi connectivity index (χ2v) is 6.72. The van der Waals surface area contributed by atoms with E-state index in [2.05, 4.69) is 27.8 Å². The van der Waals surface area contributed by atoms with Gasteiger partial charge in [-0.1, -0.05) is 18.2 Å². The van der Waals surface area contributed by atoms with Crippen LogP contribution in [0.5, 0.6) is 0 Å². The molecule has 6 nitrogen and oxygen atoms in total. The van der Waals surface area contributed by atoms with Crippen molar-refractivity contribution in [3.63, 3.8) is 0 Å². The molecule has 0 saturated heterocycles. The van der Waals surface area contributed by atoms with Crippen molar-refractivity contribution in [2.75, 3.05) is 5.32 Å². The summed E-state index contributed by atoms with van der Waals surface area (Å²) in [5.41, 5.74) is 2.81. The van der Waals surface area contributed by atoms with E-state index in [-0.39, 0.29) is 11.9 Å². The van der Waals surface area contributed by atoms with Gasteiger partial charge in [0, 0.05) is 35.6 Å². The lowest BCUT2D eigenvalue weighted by Crippen LogP contribution is -2.31. The maximum absolute atomic E-state index is 13.8. The molecule has 2 heterocycles. The molecule has 0 amide bonds. The van der Waals surface area contributed by atoms with E-state index >= 15 is 0 Å². The average molecular weight is 387 g/mol. The Balaban J connectivity index is 1.59. The number of nitrogens with one attached hydrogen (secondary N) is 2. The summed E-state index contributed by atoms with van der Waals surface area (Å²) in [5, 5.41) is 15.6. The Hall–Kier alpha value is -2.74. The average Bonchev–Trinajstić information content (AvgIpc) is 3.22. The van der Waals surface area contributed by atoms with E-state index < -0.39 is 0 Å². The molecule has 2 N–H and O–H groups in total. The van der Waals surface area contributed by atoms with E-state index in [1.54, 1.807) is 29.1 Å². The van der Waals surface area contributed by atoms with Crippen LogP contribution in [0.25, 0.3) is 0 Å². The molecule has 8 heteroatoms. The second kappa shape index (κ2) is 8.30. The van der Waals surface area contributed by atoms with Gasteiger partial charge in [0.25, 0.3) is 0 Å². The Morgan fingerprint density at radius 1 is 1.30 bits per heavy atom. The van der Waals surface area contributed by atoms with Crippen LogP contribution in [0.2, 0.25) is 0 Å². The molecule has 1 atom stereocenters. The minimum atomic E-state index is -0.239. The highest BCUT2D eigenvalue weighted by molar-refractivity contribution is 7.80. The molecular formula is C19H23FN6S. The predicted molar refractivity (Wildman–Crippen MR) is 108 cm³/mol. The van der Waals surface area contributed by atoms with Crippen LogP contribution in [0.1, 0.15) is 36.7 Å². The monoisotopic (exact) mass is 386 g/mol. The summed E-state index contributed by atoms with van der Waals surface area (Å²) in [7, 11) is 0. The number of halogens is 1. The minimum Gasteiger partial charge on any atom is -0.356 e. The van der Waals surface area contributed by atoms with E-state index in [1.807, 2.05) is 30.8 Å². The zero-order valence-electron chi connectivity index (χ0n) is 15.6. The van der Waals surface area contributed by atoms with E-state index in [0.29, 0.717) is 23.0 Å². The molecule has 27 heavy (non-hydrogen) atoms. The summed E-state index contributed by atoms with van der Waals surface area (Å²) >= 11 is 5.39. The second-order valence-electron chi connectivity index (χ2n) is 6.31. The Labute approximate surface area is 163 Å². The third-order valence-electron chi connectivity index (χ3n) is 4.43. The number of hydrogen-bond acceptors (Lipinski definition) is 3. The molecule has 3 aromatic rings. The first-order valence-corrected chi connectivity index (χ1v) is 9.25. The van der Waals surface area contributed by atoms with Crippen LogP contribution < -0.4 is 10.6 Å². The first-order valence-electron chi connectivity index (χ1n) is 8.84. The van der Waals surface area contributed by atoms with Gasteiger partial charge in [0.05, 0.1) is 18.8 Å². The molecule has 0 aliphatic carbocycles. The van der Waals surface area contributed by atoms with Gasteiger partial charge in [0.2, 0.25) is 0 Å². The van der Waals surface area contributed by atoms with Gasteiger partial charge in [-0.2, -0.15) is 10.2 Å². The quantitative estimate of drug-likeness (QED) is 0.634. The fraction of sp³-hybridized carbons (Fsp3) is 0.316. The summed E-state index contributed by atoms with van der Waals surface area (Å²) < 4.78 is 17.4. The van der Waals surface area contributed by atoms with Crippen molar-refractivity contribution >= 4 is 23.1 Å². The number of thiocarbonyl (C=S) groups is 1. The molecule has 0 aliphatic heterocycles. The van der Waals surface area contributed by atoms with Gasteiger partial charge in [0.1, 0.15) is 5.82 Å². The highest BCUT2D eigenvalue weighted by atomic mass is 32.1. The highest BCUT2D eigenvalue weighted by Crippen LogP contribution is 2.17. The normalized spacial score (nSPS) is 12.0. The van der Waals surface area contributed by atoms with Crippen LogP contribution in [-0.4, -0.2) is 24.7 Å². The third-order valence-corrected chi connectivity index (χ3v) is 4.65. The highest BCUT2D eigenvalue weighted by Gasteiger charge is 2.14. The van der Waals surface area contributed by atoms with Crippen LogP contribution >= 0.6 is 12.2 Å². The van der Waals surface area contributed by atoms with E-state index in [4.69, 9.17) is 12.2 Å². The standard InChI is InChI=1S/C19H23FN6S/c1-4-26-14(3)16(11-21-26)13(2)22-19(27)23-18-9-10-25(24-18)12-15-7-5-6-8-17(15)20/h5-11,13H,4,12H2,1-3H3,(H2,22,23,24,27). The molecule has 142 valence electrons. The van der Waals surface area contributed by atoms with E-state index in [9.17, 15) is 4.39 Å². The van der Waals surface area contributed by atoms with Gasteiger partial charge in [-0.25, -0.2) is 4.39 Å². The van der Waals surface area contributed by atoms with Gasteiger partial charge < -0.3 is 10.6 Å².